The van der Waals surface area contributed by atoms with Gasteiger partial charge in [-0.3, -0.25) is 9.48 Å². The summed E-state index contributed by atoms with van der Waals surface area (Å²) in [6, 6.07) is 1.11. The monoisotopic (exact) mass is 279 g/mol. The standard InChI is InChI=1S/C13H17N3O4/c1-15-10(5-6-14-15)3-4-12(17)16-7-8-20-9-11(16)13(18)19-2/h3-6,11H,7-9H2,1-2H3/b4-3+. The van der Waals surface area contributed by atoms with Crippen molar-refractivity contribution in [1.29, 1.82) is 0 Å². The second-order valence-electron chi connectivity index (χ2n) is 4.36. The van der Waals surface area contributed by atoms with E-state index in [4.69, 9.17) is 4.74 Å². The summed E-state index contributed by atoms with van der Waals surface area (Å²) in [5.41, 5.74) is 0.807. The maximum absolute atomic E-state index is 12.2. The third-order valence-corrected chi connectivity index (χ3v) is 3.14. The van der Waals surface area contributed by atoms with E-state index in [9.17, 15) is 9.59 Å². The molecular weight excluding hydrogens is 262 g/mol. The van der Waals surface area contributed by atoms with Gasteiger partial charge in [-0.2, -0.15) is 5.10 Å². The lowest BCUT2D eigenvalue weighted by Gasteiger charge is -2.32. The molecule has 1 fully saturated rings. The van der Waals surface area contributed by atoms with Crippen LogP contribution in [0.25, 0.3) is 6.08 Å². The number of aromatic nitrogens is 2. The van der Waals surface area contributed by atoms with Gasteiger partial charge in [0.15, 0.2) is 6.04 Å². The smallest absolute Gasteiger partial charge is 0.331 e. The Balaban J connectivity index is 2.08. The van der Waals surface area contributed by atoms with E-state index in [1.165, 1.54) is 18.1 Å². The van der Waals surface area contributed by atoms with Crippen molar-refractivity contribution in [3.63, 3.8) is 0 Å². The first-order chi connectivity index (χ1) is 9.63. The first kappa shape index (κ1) is 14.3. The summed E-state index contributed by atoms with van der Waals surface area (Å²) in [5, 5.41) is 4.01. The number of ether oxygens (including phenoxy) is 2. The Hall–Kier alpha value is -2.15. The van der Waals surface area contributed by atoms with Crippen LogP contribution in [0.5, 0.6) is 0 Å². The van der Waals surface area contributed by atoms with Crippen molar-refractivity contribution < 1.29 is 19.1 Å². The average molecular weight is 279 g/mol. The highest BCUT2D eigenvalue weighted by atomic mass is 16.5. The third kappa shape index (κ3) is 3.05. The minimum atomic E-state index is -0.683. The molecule has 1 saturated heterocycles. The molecule has 0 aromatic carbocycles. The van der Waals surface area contributed by atoms with E-state index in [1.54, 1.807) is 30.1 Å². The van der Waals surface area contributed by atoms with E-state index in [1.807, 2.05) is 0 Å². The topological polar surface area (TPSA) is 73.7 Å². The quantitative estimate of drug-likeness (QED) is 0.567. The number of nitrogens with zero attached hydrogens (tertiary/aromatic N) is 3. The van der Waals surface area contributed by atoms with E-state index in [0.29, 0.717) is 13.2 Å². The van der Waals surface area contributed by atoms with E-state index >= 15 is 0 Å². The van der Waals surface area contributed by atoms with E-state index < -0.39 is 12.0 Å². The molecule has 1 unspecified atom stereocenters. The molecule has 0 aliphatic carbocycles. The molecule has 1 atom stereocenters. The zero-order chi connectivity index (χ0) is 14.5. The molecule has 7 heteroatoms. The van der Waals surface area contributed by atoms with Crippen molar-refractivity contribution >= 4 is 18.0 Å². The number of methoxy groups -OCH3 is 1. The van der Waals surface area contributed by atoms with Gasteiger partial charge >= 0.3 is 5.97 Å². The van der Waals surface area contributed by atoms with Gasteiger partial charge in [-0.1, -0.05) is 0 Å². The van der Waals surface area contributed by atoms with Gasteiger partial charge in [0, 0.05) is 25.9 Å². The predicted octanol–water partition coefficient (Wildman–Crippen LogP) is -0.166. The Morgan fingerprint density at radius 2 is 2.35 bits per heavy atom. The molecule has 0 radical (unpaired) electrons. The number of aryl methyl sites for hydroxylation is 1. The second kappa shape index (κ2) is 6.33. The lowest BCUT2D eigenvalue weighted by molar-refractivity contribution is -0.158. The molecule has 2 rings (SSSR count). The largest absolute Gasteiger partial charge is 0.467 e. The van der Waals surface area contributed by atoms with Crippen LogP contribution >= 0.6 is 0 Å². The van der Waals surface area contributed by atoms with Crippen LogP contribution in [0, 0.1) is 0 Å². The van der Waals surface area contributed by atoms with Gasteiger partial charge in [-0.25, -0.2) is 4.79 Å². The summed E-state index contributed by atoms with van der Waals surface area (Å²) >= 11 is 0. The number of amides is 1. The van der Waals surface area contributed by atoms with Gasteiger partial charge in [-0.05, 0) is 12.1 Å². The molecule has 108 valence electrons. The number of carbonyl (C=O) groups excluding carboxylic acids is 2. The Bertz CT molecular complexity index is 523. The molecule has 7 nitrogen and oxygen atoms in total. The molecule has 0 bridgehead atoms. The van der Waals surface area contributed by atoms with Crippen LogP contribution in [0.1, 0.15) is 5.69 Å². The summed E-state index contributed by atoms with van der Waals surface area (Å²) in [6.07, 6.45) is 4.74. The minimum absolute atomic E-state index is 0.165. The summed E-state index contributed by atoms with van der Waals surface area (Å²) in [5.74, 6) is -0.711. The summed E-state index contributed by atoms with van der Waals surface area (Å²) in [4.78, 5) is 25.3. The van der Waals surface area contributed by atoms with Crippen LogP contribution in [-0.4, -0.2) is 59.5 Å². The van der Waals surface area contributed by atoms with E-state index in [-0.39, 0.29) is 12.5 Å². The highest BCUT2D eigenvalue weighted by Gasteiger charge is 2.32. The number of esters is 1. The Kier molecular flexibility index (Phi) is 4.52. The fraction of sp³-hybridized carbons (Fsp3) is 0.462. The molecule has 0 saturated carbocycles. The van der Waals surface area contributed by atoms with Crippen LogP contribution < -0.4 is 0 Å². The molecule has 1 aromatic rings. The number of hydrogen-bond acceptors (Lipinski definition) is 5. The summed E-state index contributed by atoms with van der Waals surface area (Å²) in [6.45, 7) is 0.949. The molecule has 1 aliphatic heterocycles. The number of hydrogen-bond donors (Lipinski definition) is 0. The first-order valence-electron chi connectivity index (χ1n) is 6.25. The zero-order valence-corrected chi connectivity index (χ0v) is 11.5. The lowest BCUT2D eigenvalue weighted by atomic mass is 10.2. The summed E-state index contributed by atoms with van der Waals surface area (Å²) < 4.78 is 11.6. The van der Waals surface area contributed by atoms with Crippen LogP contribution in [0.2, 0.25) is 0 Å². The zero-order valence-electron chi connectivity index (χ0n) is 11.5. The van der Waals surface area contributed by atoms with Crippen LogP contribution in [0.3, 0.4) is 0 Å². The molecule has 1 amide bonds. The maximum atomic E-state index is 12.2. The number of carbonyl (C=O) groups is 2. The van der Waals surface area contributed by atoms with Crippen molar-refractivity contribution in [2.75, 3.05) is 26.9 Å². The van der Waals surface area contributed by atoms with Crippen molar-refractivity contribution in [3.05, 3.63) is 24.0 Å². The maximum Gasteiger partial charge on any atom is 0.331 e. The molecule has 0 spiro atoms. The van der Waals surface area contributed by atoms with Crippen molar-refractivity contribution in [3.8, 4) is 0 Å². The SMILES string of the molecule is COC(=O)C1COCCN1C(=O)/C=C/c1ccnn1C. The predicted molar refractivity (Wildman–Crippen MR) is 70.6 cm³/mol. The van der Waals surface area contributed by atoms with E-state index in [0.717, 1.165) is 5.69 Å². The molecule has 2 heterocycles. The Morgan fingerprint density at radius 1 is 1.55 bits per heavy atom. The molecule has 20 heavy (non-hydrogen) atoms. The fourth-order valence-electron chi connectivity index (χ4n) is 2.00. The van der Waals surface area contributed by atoms with Gasteiger partial charge in [-0.15, -0.1) is 0 Å². The third-order valence-electron chi connectivity index (χ3n) is 3.14. The molecular formula is C13H17N3O4. The average Bonchev–Trinajstić information content (AvgIpc) is 2.89. The first-order valence-corrected chi connectivity index (χ1v) is 6.25. The van der Waals surface area contributed by atoms with Crippen molar-refractivity contribution in [1.82, 2.24) is 14.7 Å². The Morgan fingerprint density at radius 3 is 3.00 bits per heavy atom. The van der Waals surface area contributed by atoms with Crippen molar-refractivity contribution in [2.24, 2.45) is 7.05 Å². The van der Waals surface area contributed by atoms with Gasteiger partial charge in [0.1, 0.15) is 0 Å². The molecule has 1 aromatic heterocycles. The fourth-order valence-corrected chi connectivity index (χ4v) is 2.00. The van der Waals surface area contributed by atoms with Crippen molar-refractivity contribution in [2.45, 2.75) is 6.04 Å². The van der Waals surface area contributed by atoms with Crippen LogP contribution in [-0.2, 0) is 26.1 Å². The van der Waals surface area contributed by atoms with Gasteiger partial charge in [0.2, 0.25) is 5.91 Å². The highest BCUT2D eigenvalue weighted by molar-refractivity contribution is 5.94. The normalized spacial score (nSPS) is 19.3. The van der Waals surface area contributed by atoms with Gasteiger partial charge < -0.3 is 14.4 Å². The highest BCUT2D eigenvalue weighted by Crippen LogP contribution is 2.10. The minimum Gasteiger partial charge on any atom is -0.467 e. The summed E-state index contributed by atoms with van der Waals surface area (Å²) in [7, 11) is 3.08. The van der Waals surface area contributed by atoms with Crippen LogP contribution in [0.15, 0.2) is 18.3 Å². The lowest BCUT2D eigenvalue weighted by Crippen LogP contribution is -2.52. The Labute approximate surface area is 116 Å². The van der Waals surface area contributed by atoms with Crippen LogP contribution in [0.4, 0.5) is 0 Å². The molecule has 1 aliphatic rings. The van der Waals surface area contributed by atoms with Gasteiger partial charge in [0.05, 0.1) is 26.0 Å². The number of morpholine rings is 1. The number of rotatable bonds is 3. The molecule has 0 N–H and O–H groups in total. The second-order valence-corrected chi connectivity index (χ2v) is 4.36. The van der Waals surface area contributed by atoms with E-state index in [2.05, 4.69) is 9.84 Å². The van der Waals surface area contributed by atoms with Gasteiger partial charge in [0.25, 0.3) is 0 Å².